The third-order valence-corrected chi connectivity index (χ3v) is 6.68. The number of hydrogen-bond donors (Lipinski definition) is 3. The normalized spacial score (nSPS) is 15.5. The van der Waals surface area contributed by atoms with Gasteiger partial charge in [-0.1, -0.05) is 38.1 Å². The second-order valence-electron chi connectivity index (χ2n) is 9.60. The number of carbonyl (C=O) groups excluding carboxylic acids is 1. The van der Waals surface area contributed by atoms with Gasteiger partial charge in [0.05, 0.1) is 23.3 Å². The Morgan fingerprint density at radius 3 is 2.81 bits per heavy atom. The molecule has 0 aliphatic heterocycles. The molecule has 184 valence electrons. The quantitative estimate of drug-likeness (QED) is 0.255. The average molecular weight is 493 g/mol. The monoisotopic (exact) mass is 492 g/mol. The molecule has 6 rings (SSSR count). The SMILES string of the molecule is CC(C)C(=O)Nc1cncc(-c2cnc3n[nH]c(-c4cc5c(C6C=CC=C(F)C6)cccc5[nH]4)c3c2)c1. The number of nitrogens with one attached hydrogen (secondary N) is 3. The van der Waals surface area contributed by atoms with Crippen molar-refractivity contribution in [3.8, 4) is 22.5 Å². The number of rotatable bonds is 5. The molecule has 3 N–H and O–H groups in total. The molecule has 0 saturated carbocycles. The van der Waals surface area contributed by atoms with Crippen LogP contribution in [0.2, 0.25) is 0 Å². The second-order valence-corrected chi connectivity index (χ2v) is 9.60. The van der Waals surface area contributed by atoms with Gasteiger partial charge in [0.15, 0.2) is 5.65 Å². The van der Waals surface area contributed by atoms with E-state index in [-0.39, 0.29) is 23.6 Å². The van der Waals surface area contributed by atoms with E-state index in [1.54, 1.807) is 24.7 Å². The van der Waals surface area contributed by atoms with Crippen LogP contribution in [0.1, 0.15) is 31.7 Å². The van der Waals surface area contributed by atoms with Crippen molar-refractivity contribution in [2.24, 2.45) is 5.92 Å². The van der Waals surface area contributed by atoms with E-state index in [0.29, 0.717) is 17.8 Å². The Hall–Kier alpha value is -4.59. The number of nitrogens with zero attached hydrogens (tertiary/aromatic N) is 3. The summed E-state index contributed by atoms with van der Waals surface area (Å²) in [5.41, 5.74) is 6.65. The van der Waals surface area contributed by atoms with Gasteiger partial charge in [0.2, 0.25) is 5.91 Å². The lowest BCUT2D eigenvalue weighted by Gasteiger charge is -2.15. The molecule has 37 heavy (non-hydrogen) atoms. The Balaban J connectivity index is 1.38. The van der Waals surface area contributed by atoms with Crippen LogP contribution in [0.25, 0.3) is 44.5 Å². The van der Waals surface area contributed by atoms with Crippen molar-refractivity contribution in [2.75, 3.05) is 5.32 Å². The Kier molecular flexibility index (Phi) is 5.64. The molecule has 4 heterocycles. The average Bonchev–Trinajstić information content (AvgIpc) is 3.52. The number of aromatic amines is 2. The number of pyridine rings is 2. The number of anilines is 1. The number of halogens is 1. The fraction of sp³-hybridized carbons (Fsp3) is 0.172. The van der Waals surface area contributed by atoms with Crippen LogP contribution in [-0.4, -0.2) is 31.1 Å². The first kappa shape index (κ1) is 22.8. The van der Waals surface area contributed by atoms with E-state index < -0.39 is 0 Å². The van der Waals surface area contributed by atoms with Crippen LogP contribution in [0, 0.1) is 5.92 Å². The van der Waals surface area contributed by atoms with Crippen molar-refractivity contribution in [3.63, 3.8) is 0 Å². The first-order valence-corrected chi connectivity index (χ1v) is 12.2. The summed E-state index contributed by atoms with van der Waals surface area (Å²) >= 11 is 0. The summed E-state index contributed by atoms with van der Waals surface area (Å²) in [5, 5.41) is 12.3. The Labute approximate surface area is 212 Å². The predicted molar refractivity (Wildman–Crippen MR) is 144 cm³/mol. The zero-order valence-electron chi connectivity index (χ0n) is 20.4. The highest BCUT2D eigenvalue weighted by Gasteiger charge is 2.19. The number of H-pyrrole nitrogens is 2. The van der Waals surface area contributed by atoms with Gasteiger partial charge >= 0.3 is 0 Å². The Bertz CT molecular complexity index is 1710. The third kappa shape index (κ3) is 4.31. The molecule has 0 radical (unpaired) electrons. The summed E-state index contributed by atoms with van der Waals surface area (Å²) in [6.45, 7) is 3.69. The maximum absolute atomic E-state index is 14.0. The minimum atomic E-state index is -0.128. The summed E-state index contributed by atoms with van der Waals surface area (Å²) < 4.78 is 14.0. The zero-order chi connectivity index (χ0) is 25.5. The standard InChI is InChI=1S/C29H25FN6O/c1-16(2)29(37)33-21-10-18(13-31-15-21)19-11-24-27(35-36-28(24)32-14-19)26-12-23-22(7-4-8-25(23)34-26)17-5-3-6-20(30)9-17/h3-8,10-17,34H,9H2,1-2H3,(H,33,37)(H,32,35,36). The highest BCUT2D eigenvalue weighted by atomic mass is 19.1. The first-order chi connectivity index (χ1) is 18.0. The minimum Gasteiger partial charge on any atom is -0.353 e. The number of amides is 1. The largest absolute Gasteiger partial charge is 0.353 e. The lowest BCUT2D eigenvalue weighted by atomic mass is 9.90. The van der Waals surface area contributed by atoms with Gasteiger partial charge in [0.1, 0.15) is 5.83 Å². The first-order valence-electron chi connectivity index (χ1n) is 12.2. The molecule has 1 aliphatic carbocycles. The predicted octanol–water partition coefficient (Wildman–Crippen LogP) is 6.66. The van der Waals surface area contributed by atoms with Crippen molar-refractivity contribution < 1.29 is 9.18 Å². The number of allylic oxidation sites excluding steroid dienone is 4. The molecule has 1 amide bonds. The van der Waals surface area contributed by atoms with E-state index in [9.17, 15) is 9.18 Å². The van der Waals surface area contributed by atoms with Crippen LogP contribution in [0.3, 0.4) is 0 Å². The van der Waals surface area contributed by atoms with Crippen molar-refractivity contribution in [1.29, 1.82) is 0 Å². The van der Waals surface area contributed by atoms with Gasteiger partial charge in [-0.3, -0.25) is 14.9 Å². The van der Waals surface area contributed by atoms with Gasteiger partial charge in [0.25, 0.3) is 0 Å². The van der Waals surface area contributed by atoms with Crippen LogP contribution in [0.4, 0.5) is 10.1 Å². The summed E-state index contributed by atoms with van der Waals surface area (Å²) in [7, 11) is 0. The summed E-state index contributed by atoms with van der Waals surface area (Å²) in [4.78, 5) is 24.5. The molecule has 0 fully saturated rings. The maximum atomic E-state index is 14.0. The van der Waals surface area contributed by atoms with Crippen LogP contribution in [-0.2, 0) is 4.79 Å². The molecule has 8 heteroatoms. The van der Waals surface area contributed by atoms with Crippen LogP contribution >= 0.6 is 0 Å². The van der Waals surface area contributed by atoms with Gasteiger partial charge in [-0.25, -0.2) is 9.37 Å². The second kappa shape index (κ2) is 9.13. The molecular weight excluding hydrogens is 467 g/mol. The van der Waals surface area contributed by atoms with E-state index in [2.05, 4.69) is 42.6 Å². The van der Waals surface area contributed by atoms with Gasteiger partial charge in [-0.15, -0.1) is 0 Å². The number of fused-ring (bicyclic) bond motifs is 2. The smallest absolute Gasteiger partial charge is 0.226 e. The highest BCUT2D eigenvalue weighted by Crippen LogP contribution is 2.37. The van der Waals surface area contributed by atoms with Crippen molar-refractivity contribution >= 4 is 33.5 Å². The Morgan fingerprint density at radius 2 is 1.97 bits per heavy atom. The van der Waals surface area contributed by atoms with E-state index >= 15 is 0 Å². The van der Waals surface area contributed by atoms with E-state index in [0.717, 1.165) is 44.4 Å². The molecule has 0 spiro atoms. The van der Waals surface area contributed by atoms with Crippen LogP contribution in [0.5, 0.6) is 0 Å². The number of hydrogen-bond acceptors (Lipinski definition) is 4. The molecule has 4 aromatic heterocycles. The molecule has 0 bridgehead atoms. The van der Waals surface area contributed by atoms with E-state index in [4.69, 9.17) is 0 Å². The lowest BCUT2D eigenvalue weighted by Crippen LogP contribution is -2.17. The minimum absolute atomic E-state index is 0.0138. The highest BCUT2D eigenvalue weighted by molar-refractivity contribution is 5.97. The molecule has 0 saturated heterocycles. The maximum Gasteiger partial charge on any atom is 0.226 e. The van der Waals surface area contributed by atoms with E-state index in [1.165, 1.54) is 6.08 Å². The van der Waals surface area contributed by atoms with Gasteiger partial charge < -0.3 is 10.3 Å². The van der Waals surface area contributed by atoms with Gasteiger partial charge in [-0.2, -0.15) is 5.10 Å². The topological polar surface area (TPSA) is 99.3 Å². The molecule has 1 aliphatic rings. The van der Waals surface area contributed by atoms with Crippen LogP contribution < -0.4 is 5.32 Å². The molecule has 1 atom stereocenters. The van der Waals surface area contributed by atoms with Crippen LogP contribution in [0.15, 0.2) is 79.0 Å². The van der Waals surface area contributed by atoms with Crippen molar-refractivity contribution in [3.05, 3.63) is 84.6 Å². The molecular formula is C29H25FN6O. The Morgan fingerprint density at radius 1 is 1.11 bits per heavy atom. The fourth-order valence-corrected chi connectivity index (χ4v) is 4.71. The van der Waals surface area contributed by atoms with Gasteiger partial charge in [0, 0.05) is 58.1 Å². The third-order valence-electron chi connectivity index (χ3n) is 6.68. The number of benzene rings is 1. The molecule has 5 aromatic rings. The summed E-state index contributed by atoms with van der Waals surface area (Å²) in [6, 6.07) is 12.0. The zero-order valence-corrected chi connectivity index (χ0v) is 20.4. The molecule has 1 unspecified atom stereocenters. The number of carbonyl (C=O) groups is 1. The number of aromatic nitrogens is 5. The van der Waals surface area contributed by atoms with E-state index in [1.807, 2.05) is 44.2 Å². The summed E-state index contributed by atoms with van der Waals surface area (Å²) in [6.07, 6.45) is 10.8. The van der Waals surface area contributed by atoms with Crippen molar-refractivity contribution in [2.45, 2.75) is 26.2 Å². The summed E-state index contributed by atoms with van der Waals surface area (Å²) in [5.74, 6) is -0.317. The fourth-order valence-electron chi connectivity index (χ4n) is 4.71. The van der Waals surface area contributed by atoms with Gasteiger partial charge in [-0.05, 0) is 35.9 Å². The van der Waals surface area contributed by atoms with Crippen molar-refractivity contribution in [1.82, 2.24) is 25.1 Å². The molecule has 1 aromatic carbocycles. The lowest BCUT2D eigenvalue weighted by molar-refractivity contribution is -0.118. The molecule has 7 nitrogen and oxygen atoms in total.